The van der Waals surface area contributed by atoms with Gasteiger partial charge in [-0.05, 0) is 57.2 Å². The second-order valence-corrected chi connectivity index (χ2v) is 6.25. The summed E-state index contributed by atoms with van der Waals surface area (Å²) in [7, 11) is 1.80. The highest BCUT2D eigenvalue weighted by Gasteiger charge is 2.16. The van der Waals surface area contributed by atoms with Gasteiger partial charge in [-0.3, -0.25) is 5.32 Å². The van der Waals surface area contributed by atoms with Gasteiger partial charge in [-0.15, -0.1) is 0 Å². The van der Waals surface area contributed by atoms with Crippen molar-refractivity contribution in [2.45, 2.75) is 26.4 Å². The summed E-state index contributed by atoms with van der Waals surface area (Å²) in [4.78, 5) is 11.7. The second-order valence-electron chi connectivity index (χ2n) is 6.25. The molecule has 0 aliphatic carbocycles. The van der Waals surface area contributed by atoms with Crippen LogP contribution in [-0.2, 0) is 4.74 Å². The third-order valence-electron chi connectivity index (χ3n) is 3.03. The van der Waals surface area contributed by atoms with E-state index < -0.39 is 11.7 Å². The first-order valence-corrected chi connectivity index (χ1v) is 7.62. The molecule has 0 fully saturated rings. The van der Waals surface area contributed by atoms with Crippen molar-refractivity contribution in [3.8, 4) is 11.5 Å². The van der Waals surface area contributed by atoms with E-state index in [1.54, 1.807) is 43.4 Å². The second kappa shape index (κ2) is 7.12. The smallest absolute Gasteiger partial charge is 0.412 e. The summed E-state index contributed by atoms with van der Waals surface area (Å²) in [5.41, 5.74) is 7.38. The Morgan fingerprint density at radius 3 is 2.25 bits per heavy atom. The van der Waals surface area contributed by atoms with Crippen LogP contribution in [-0.4, -0.2) is 18.7 Å². The minimum Gasteiger partial charge on any atom is -0.457 e. The number of nitrogen functional groups attached to an aromatic ring is 1. The minimum atomic E-state index is -0.534. The topological polar surface area (TPSA) is 85.6 Å². The standard InChI is InChI=1S/C18H23N3O3/c1-18(2,3)24-17(22)21-12-5-7-13(8-6-12)23-14-9-10-15(19)16(11-14)20-4/h5-11,20H,19H2,1-4H3,(H,21,22). The van der Waals surface area contributed by atoms with E-state index >= 15 is 0 Å². The van der Waals surface area contributed by atoms with Crippen LogP contribution >= 0.6 is 0 Å². The van der Waals surface area contributed by atoms with Crippen LogP contribution in [0.15, 0.2) is 42.5 Å². The van der Waals surface area contributed by atoms with Crippen LogP contribution < -0.4 is 21.1 Å². The van der Waals surface area contributed by atoms with Crippen molar-refractivity contribution in [3.63, 3.8) is 0 Å². The van der Waals surface area contributed by atoms with Crippen LogP contribution in [0.2, 0.25) is 0 Å². The first-order chi connectivity index (χ1) is 11.3. The van der Waals surface area contributed by atoms with Crippen LogP contribution in [0.25, 0.3) is 0 Å². The van der Waals surface area contributed by atoms with Crippen LogP contribution in [0.5, 0.6) is 11.5 Å². The number of nitrogens with one attached hydrogen (secondary N) is 2. The molecule has 0 saturated carbocycles. The zero-order valence-electron chi connectivity index (χ0n) is 14.3. The van der Waals surface area contributed by atoms with E-state index in [2.05, 4.69) is 10.6 Å². The molecule has 2 aromatic rings. The predicted molar refractivity (Wildman–Crippen MR) is 96.8 cm³/mol. The Morgan fingerprint density at radius 1 is 1.04 bits per heavy atom. The monoisotopic (exact) mass is 329 g/mol. The Morgan fingerprint density at radius 2 is 1.67 bits per heavy atom. The van der Waals surface area contributed by atoms with Gasteiger partial charge in [0.25, 0.3) is 0 Å². The number of rotatable bonds is 4. The fourth-order valence-electron chi connectivity index (χ4n) is 1.98. The SMILES string of the molecule is CNc1cc(Oc2ccc(NC(=O)OC(C)(C)C)cc2)ccc1N. The first-order valence-electron chi connectivity index (χ1n) is 7.62. The fraction of sp³-hybridized carbons (Fsp3) is 0.278. The lowest BCUT2D eigenvalue weighted by Crippen LogP contribution is -2.27. The number of hydrogen-bond donors (Lipinski definition) is 3. The summed E-state index contributed by atoms with van der Waals surface area (Å²) in [6.45, 7) is 5.45. The molecule has 0 aliphatic rings. The molecule has 128 valence electrons. The molecule has 0 spiro atoms. The average Bonchev–Trinajstić information content (AvgIpc) is 2.49. The van der Waals surface area contributed by atoms with E-state index in [1.807, 2.05) is 26.8 Å². The van der Waals surface area contributed by atoms with Gasteiger partial charge in [0, 0.05) is 18.8 Å². The van der Waals surface area contributed by atoms with Crippen molar-refractivity contribution in [1.29, 1.82) is 0 Å². The van der Waals surface area contributed by atoms with Gasteiger partial charge < -0.3 is 20.5 Å². The molecule has 0 atom stereocenters. The van der Waals surface area contributed by atoms with Crippen molar-refractivity contribution in [3.05, 3.63) is 42.5 Å². The van der Waals surface area contributed by atoms with E-state index in [1.165, 1.54) is 0 Å². The highest BCUT2D eigenvalue weighted by atomic mass is 16.6. The van der Waals surface area contributed by atoms with Crippen LogP contribution in [0.3, 0.4) is 0 Å². The van der Waals surface area contributed by atoms with Crippen molar-refractivity contribution in [1.82, 2.24) is 0 Å². The van der Waals surface area contributed by atoms with E-state index in [0.717, 1.165) is 5.69 Å². The third-order valence-corrected chi connectivity index (χ3v) is 3.03. The highest BCUT2D eigenvalue weighted by Crippen LogP contribution is 2.28. The van der Waals surface area contributed by atoms with Crippen molar-refractivity contribution in [2.75, 3.05) is 23.4 Å². The summed E-state index contributed by atoms with van der Waals surface area (Å²) >= 11 is 0. The van der Waals surface area contributed by atoms with Crippen LogP contribution in [0.1, 0.15) is 20.8 Å². The molecule has 2 rings (SSSR count). The summed E-state index contributed by atoms with van der Waals surface area (Å²) in [6.07, 6.45) is -0.492. The number of ether oxygens (including phenoxy) is 2. The minimum absolute atomic E-state index is 0.492. The maximum Gasteiger partial charge on any atom is 0.412 e. The molecular formula is C18H23N3O3. The number of carbonyl (C=O) groups excluding carboxylic acids is 1. The lowest BCUT2D eigenvalue weighted by molar-refractivity contribution is 0.0636. The molecule has 0 heterocycles. The average molecular weight is 329 g/mol. The maximum atomic E-state index is 11.7. The molecule has 0 aromatic heterocycles. The number of hydrogen-bond acceptors (Lipinski definition) is 5. The number of anilines is 3. The van der Waals surface area contributed by atoms with Gasteiger partial charge in [0.2, 0.25) is 0 Å². The Labute approximate surface area is 142 Å². The molecule has 2 aromatic carbocycles. The van der Waals surface area contributed by atoms with Crippen molar-refractivity contribution >= 4 is 23.2 Å². The zero-order valence-corrected chi connectivity index (χ0v) is 14.3. The van der Waals surface area contributed by atoms with Gasteiger partial charge in [0.05, 0.1) is 11.4 Å². The van der Waals surface area contributed by atoms with Gasteiger partial charge in [-0.2, -0.15) is 0 Å². The first kappa shape index (κ1) is 17.5. The molecule has 0 saturated heterocycles. The summed E-state index contributed by atoms with van der Waals surface area (Å²) in [5.74, 6) is 1.32. The molecule has 4 N–H and O–H groups in total. The van der Waals surface area contributed by atoms with Gasteiger partial charge in [0.15, 0.2) is 0 Å². The molecule has 6 nitrogen and oxygen atoms in total. The van der Waals surface area contributed by atoms with Crippen LogP contribution in [0.4, 0.5) is 21.9 Å². The fourth-order valence-corrected chi connectivity index (χ4v) is 1.98. The molecule has 6 heteroatoms. The van der Waals surface area contributed by atoms with E-state index in [-0.39, 0.29) is 0 Å². The number of benzene rings is 2. The summed E-state index contributed by atoms with van der Waals surface area (Å²) in [5, 5.41) is 5.68. The molecule has 0 unspecified atom stereocenters. The molecule has 1 amide bonds. The van der Waals surface area contributed by atoms with Crippen molar-refractivity contribution in [2.24, 2.45) is 0 Å². The predicted octanol–water partition coefficient (Wildman–Crippen LogP) is 4.45. The van der Waals surface area contributed by atoms with Crippen LogP contribution in [0, 0.1) is 0 Å². The Hall–Kier alpha value is -2.89. The summed E-state index contributed by atoms with van der Waals surface area (Å²) in [6, 6.07) is 12.4. The van der Waals surface area contributed by atoms with Crippen molar-refractivity contribution < 1.29 is 14.3 Å². The van der Waals surface area contributed by atoms with E-state index in [0.29, 0.717) is 22.9 Å². The Balaban J connectivity index is 2.01. The van der Waals surface area contributed by atoms with Gasteiger partial charge >= 0.3 is 6.09 Å². The number of nitrogens with two attached hydrogens (primary N) is 1. The maximum absolute atomic E-state index is 11.7. The lowest BCUT2D eigenvalue weighted by atomic mass is 10.2. The largest absolute Gasteiger partial charge is 0.457 e. The van der Waals surface area contributed by atoms with Gasteiger partial charge in [-0.1, -0.05) is 0 Å². The van der Waals surface area contributed by atoms with E-state index in [4.69, 9.17) is 15.2 Å². The van der Waals surface area contributed by atoms with E-state index in [9.17, 15) is 4.79 Å². The normalized spacial score (nSPS) is 10.8. The molecule has 24 heavy (non-hydrogen) atoms. The lowest BCUT2D eigenvalue weighted by Gasteiger charge is -2.19. The Bertz CT molecular complexity index is 706. The Kier molecular flexibility index (Phi) is 5.18. The van der Waals surface area contributed by atoms with Gasteiger partial charge in [-0.25, -0.2) is 4.79 Å². The highest BCUT2D eigenvalue weighted by molar-refractivity contribution is 5.84. The molecule has 0 bridgehead atoms. The molecule has 0 aliphatic heterocycles. The molecule has 0 radical (unpaired) electrons. The molecular weight excluding hydrogens is 306 g/mol. The zero-order chi connectivity index (χ0) is 17.7. The number of amides is 1. The third kappa shape index (κ3) is 5.08. The number of carbonyl (C=O) groups is 1. The summed E-state index contributed by atoms with van der Waals surface area (Å²) < 4.78 is 11.0. The van der Waals surface area contributed by atoms with Gasteiger partial charge in [0.1, 0.15) is 17.1 Å². The quantitative estimate of drug-likeness (QED) is 0.722.